The van der Waals surface area contributed by atoms with Gasteiger partial charge in [-0.1, -0.05) is 0 Å². The van der Waals surface area contributed by atoms with Crippen molar-refractivity contribution >= 4 is 23.9 Å². The summed E-state index contributed by atoms with van der Waals surface area (Å²) in [6.45, 7) is 0. The maximum Gasteiger partial charge on any atom is 1.00 e. The SMILES string of the molecule is O=C(O)CCC(=O)O.O=C(O)CCC(=O)O.[H-].[H-].[H-].[H-].[H-].[Na+].[Na+].[Na+].[Na+].[Na+]. The molecule has 0 atom stereocenters. The van der Waals surface area contributed by atoms with Crippen LogP contribution in [0.3, 0.4) is 0 Å². The molecule has 102 valence electrons. The third kappa shape index (κ3) is 60.1. The zero-order chi connectivity index (χ0) is 13.1. The normalized spacial score (nSPS) is 6.48. The van der Waals surface area contributed by atoms with Gasteiger partial charge in [-0.15, -0.1) is 0 Å². The van der Waals surface area contributed by atoms with E-state index in [0.717, 1.165) is 0 Å². The molecule has 0 heterocycles. The van der Waals surface area contributed by atoms with Gasteiger partial charge in [-0.25, -0.2) is 0 Å². The predicted molar refractivity (Wildman–Crippen MR) is 54.6 cm³/mol. The first-order chi connectivity index (χ1) is 7.25. The summed E-state index contributed by atoms with van der Waals surface area (Å²) in [5, 5.41) is 31.6. The van der Waals surface area contributed by atoms with Gasteiger partial charge in [-0.05, 0) is 0 Å². The Morgan fingerprint density at radius 2 is 0.571 bits per heavy atom. The first-order valence-corrected chi connectivity index (χ1v) is 4.13. The third-order valence-corrected chi connectivity index (χ3v) is 1.11. The summed E-state index contributed by atoms with van der Waals surface area (Å²) >= 11 is 0. The fraction of sp³-hybridized carbons (Fsp3) is 0.500. The van der Waals surface area contributed by atoms with Crippen molar-refractivity contribution in [3.63, 3.8) is 0 Å². The number of aliphatic carboxylic acids is 4. The molecule has 0 aromatic carbocycles. The van der Waals surface area contributed by atoms with E-state index < -0.39 is 23.9 Å². The molecule has 0 fully saturated rings. The van der Waals surface area contributed by atoms with Gasteiger partial charge < -0.3 is 27.6 Å². The second-order valence-corrected chi connectivity index (χ2v) is 2.57. The third-order valence-electron chi connectivity index (χ3n) is 1.11. The van der Waals surface area contributed by atoms with Gasteiger partial charge in [0.25, 0.3) is 0 Å². The molecule has 13 heteroatoms. The fourth-order valence-electron chi connectivity index (χ4n) is 0.428. The number of carboxylic acid groups (broad SMARTS) is 4. The minimum atomic E-state index is -1.08. The fourth-order valence-corrected chi connectivity index (χ4v) is 0.428. The molecule has 8 nitrogen and oxygen atoms in total. The van der Waals surface area contributed by atoms with E-state index in [-0.39, 0.29) is 181 Å². The second-order valence-electron chi connectivity index (χ2n) is 2.57. The molecule has 0 radical (unpaired) electrons. The van der Waals surface area contributed by atoms with Gasteiger partial charge in [0.2, 0.25) is 0 Å². The molecule has 0 aliphatic heterocycles. The van der Waals surface area contributed by atoms with Crippen LogP contribution in [-0.2, 0) is 19.2 Å². The number of carbonyl (C=O) groups is 4. The number of rotatable bonds is 6. The van der Waals surface area contributed by atoms with E-state index in [1.807, 2.05) is 0 Å². The van der Waals surface area contributed by atoms with Gasteiger partial charge in [0, 0.05) is 0 Å². The van der Waals surface area contributed by atoms with Crippen LogP contribution in [0.4, 0.5) is 0 Å². The van der Waals surface area contributed by atoms with Crippen molar-refractivity contribution < 1.29 is 195 Å². The Morgan fingerprint density at radius 3 is 0.619 bits per heavy atom. The first-order valence-electron chi connectivity index (χ1n) is 4.13. The van der Waals surface area contributed by atoms with E-state index in [9.17, 15) is 19.2 Å². The zero-order valence-electron chi connectivity index (χ0n) is 18.3. The van der Waals surface area contributed by atoms with Crippen molar-refractivity contribution in [3.8, 4) is 0 Å². The van der Waals surface area contributed by atoms with Crippen LogP contribution in [0, 0.1) is 0 Å². The predicted octanol–water partition coefficient (Wildman–Crippen LogP) is -14.5. The van der Waals surface area contributed by atoms with E-state index in [1.54, 1.807) is 0 Å². The van der Waals surface area contributed by atoms with Gasteiger partial charge in [0.1, 0.15) is 0 Å². The standard InChI is InChI=1S/2C4H6O4.5Na.5H/c2*5-3(6)1-2-4(7)8;;;;;;;;;;/h2*1-2H2,(H,5,6)(H,7,8);;;;;;;;;;/q;;5*+1;5*-1. The zero-order valence-corrected chi connectivity index (χ0v) is 23.3. The Hall–Kier alpha value is 2.88. The van der Waals surface area contributed by atoms with Crippen molar-refractivity contribution in [2.75, 3.05) is 0 Å². The molecule has 0 unspecified atom stereocenters. The van der Waals surface area contributed by atoms with Crippen LogP contribution in [0.5, 0.6) is 0 Å². The van der Waals surface area contributed by atoms with E-state index in [0.29, 0.717) is 0 Å². The summed E-state index contributed by atoms with van der Waals surface area (Å²) in [6, 6.07) is 0. The molecule has 0 rings (SSSR count). The minimum Gasteiger partial charge on any atom is -1.00 e. The van der Waals surface area contributed by atoms with Crippen molar-refractivity contribution in [1.29, 1.82) is 0 Å². The number of hydrogen-bond acceptors (Lipinski definition) is 4. The van der Waals surface area contributed by atoms with Crippen LogP contribution < -0.4 is 148 Å². The summed E-state index contributed by atoms with van der Waals surface area (Å²) in [5.41, 5.74) is 0. The topological polar surface area (TPSA) is 149 Å². The smallest absolute Gasteiger partial charge is 1.00 e. The van der Waals surface area contributed by atoms with Crippen LogP contribution in [0.15, 0.2) is 0 Å². The molecule has 0 amide bonds. The van der Waals surface area contributed by atoms with Gasteiger partial charge in [-0.3, -0.25) is 19.2 Å². The second kappa shape index (κ2) is 30.7. The Kier molecular flexibility index (Phi) is 64.2. The summed E-state index contributed by atoms with van der Waals surface area (Å²) in [6.07, 6.45) is -1.19. The number of hydrogen-bond donors (Lipinski definition) is 4. The molecule has 0 saturated carbocycles. The quantitative estimate of drug-likeness (QED) is 0.343. The first kappa shape index (κ1) is 43.9. The van der Waals surface area contributed by atoms with Gasteiger partial charge in [0.05, 0.1) is 25.7 Å². The Labute approximate surface area is 240 Å². The van der Waals surface area contributed by atoms with Crippen LogP contribution in [0.25, 0.3) is 0 Å². The average molecular weight is 356 g/mol. The molecule has 0 saturated heterocycles. The monoisotopic (exact) mass is 356 g/mol. The van der Waals surface area contributed by atoms with E-state index in [4.69, 9.17) is 20.4 Å². The minimum absolute atomic E-state index is 0. The summed E-state index contributed by atoms with van der Waals surface area (Å²) in [4.78, 5) is 38.6. The van der Waals surface area contributed by atoms with Crippen molar-refractivity contribution in [1.82, 2.24) is 0 Å². The van der Waals surface area contributed by atoms with Crippen LogP contribution in [0.1, 0.15) is 32.8 Å². The number of carboxylic acids is 4. The summed E-state index contributed by atoms with van der Waals surface area (Å²) < 4.78 is 0. The maximum absolute atomic E-state index is 9.64. The molecule has 4 N–H and O–H groups in total. The van der Waals surface area contributed by atoms with Crippen LogP contribution in [-0.4, -0.2) is 44.3 Å². The molecule has 0 aliphatic rings. The maximum atomic E-state index is 9.64. The molecule has 0 aliphatic carbocycles. The molecule has 0 bridgehead atoms. The molecule has 0 aromatic rings. The van der Waals surface area contributed by atoms with Crippen molar-refractivity contribution in [3.05, 3.63) is 0 Å². The Bertz CT molecular complexity index is 248. The molecule has 0 spiro atoms. The molecule has 0 aromatic heterocycles. The van der Waals surface area contributed by atoms with E-state index in [2.05, 4.69) is 0 Å². The van der Waals surface area contributed by atoms with Gasteiger partial charge in [-0.2, -0.15) is 0 Å². The van der Waals surface area contributed by atoms with E-state index in [1.165, 1.54) is 0 Å². The van der Waals surface area contributed by atoms with Crippen LogP contribution in [0.2, 0.25) is 0 Å². The molecule has 21 heavy (non-hydrogen) atoms. The van der Waals surface area contributed by atoms with Crippen molar-refractivity contribution in [2.45, 2.75) is 25.7 Å². The van der Waals surface area contributed by atoms with Crippen molar-refractivity contribution in [2.24, 2.45) is 0 Å². The van der Waals surface area contributed by atoms with Gasteiger partial charge in [0.15, 0.2) is 0 Å². The average Bonchev–Trinajstić information content (AvgIpc) is 2.12. The molecular formula is C8H17Na5O8. The largest absolute Gasteiger partial charge is 1.00 e. The molecular weight excluding hydrogens is 339 g/mol. The Balaban J connectivity index is -0.0000000109. The van der Waals surface area contributed by atoms with E-state index >= 15 is 0 Å². The Morgan fingerprint density at radius 1 is 0.476 bits per heavy atom. The van der Waals surface area contributed by atoms with Crippen LogP contribution >= 0.6 is 0 Å². The van der Waals surface area contributed by atoms with Gasteiger partial charge >= 0.3 is 172 Å². The summed E-state index contributed by atoms with van der Waals surface area (Å²) in [7, 11) is 0. The summed E-state index contributed by atoms with van der Waals surface area (Å²) in [5.74, 6) is -4.31.